The van der Waals surface area contributed by atoms with Crippen molar-refractivity contribution in [3.8, 4) is 0 Å². The molecule has 0 aromatic carbocycles. The highest BCUT2D eigenvalue weighted by molar-refractivity contribution is 7.99. The van der Waals surface area contributed by atoms with Gasteiger partial charge in [0.15, 0.2) is 0 Å². The van der Waals surface area contributed by atoms with Crippen molar-refractivity contribution in [1.82, 2.24) is 55.6 Å². The Hall–Kier alpha value is -5.86. The van der Waals surface area contributed by atoms with Gasteiger partial charge in [0.2, 0.25) is 65.0 Å². The minimum atomic E-state index is -1.66. The van der Waals surface area contributed by atoms with Gasteiger partial charge in [-0.3, -0.25) is 52.7 Å². The van der Waals surface area contributed by atoms with Crippen molar-refractivity contribution >= 4 is 76.7 Å². The highest BCUT2D eigenvalue weighted by atomic mass is 32.2. The average molecular weight is 1360 g/mol. The first kappa shape index (κ1) is 87.2. The smallest absolute Gasteiger partial charge is 0.246 e. The number of unbranched alkanes of at least 4 members (excludes halogenated alkanes) is 2. The number of ether oxygens (including phenoxy) is 1. The van der Waals surface area contributed by atoms with Crippen LogP contribution >= 0.6 is 11.8 Å². The molecule has 13 atom stereocenters. The molecule has 11 amide bonds. The first-order valence-corrected chi connectivity index (χ1v) is 35.3. The third-order valence-electron chi connectivity index (χ3n) is 17.8. The number of hydrogen-bond acceptors (Lipinski definition) is 15. The van der Waals surface area contributed by atoms with Crippen molar-refractivity contribution in [2.45, 2.75) is 254 Å². The lowest BCUT2D eigenvalue weighted by Crippen LogP contribution is -2.64. The molecule has 26 heteroatoms. The summed E-state index contributed by atoms with van der Waals surface area (Å²) < 4.78 is 5.23. The van der Waals surface area contributed by atoms with E-state index in [1.807, 2.05) is 41.5 Å². The number of methoxy groups -OCH3 is 1. The molecule has 0 bridgehead atoms. The summed E-state index contributed by atoms with van der Waals surface area (Å²) in [6.07, 6.45) is 4.70. The molecule has 1 heterocycles. The van der Waals surface area contributed by atoms with Crippen LogP contribution in [0.2, 0.25) is 0 Å². The van der Waals surface area contributed by atoms with E-state index in [9.17, 15) is 34.2 Å². The molecule has 0 aromatic rings. The molecule has 6 N–H and O–H groups in total. The number of nitrogens with one attached hydrogen (secondary N) is 4. The van der Waals surface area contributed by atoms with Gasteiger partial charge >= 0.3 is 0 Å². The number of hydrogen-bond donors (Lipinski definition) is 6. The zero-order chi connectivity index (χ0) is 73.4. The normalized spacial score (nSPS) is 26.3. The van der Waals surface area contributed by atoms with Crippen molar-refractivity contribution < 1.29 is 67.7 Å². The number of rotatable bonds is 23. The Morgan fingerprint density at radius 2 is 0.968 bits per heavy atom. The van der Waals surface area contributed by atoms with E-state index in [2.05, 4.69) is 21.3 Å². The summed E-state index contributed by atoms with van der Waals surface area (Å²) >= 11 is 1.39. The largest absolute Gasteiger partial charge is 0.390 e. The fourth-order valence-electron chi connectivity index (χ4n) is 11.8. The minimum Gasteiger partial charge on any atom is -0.390 e. The van der Waals surface area contributed by atoms with Crippen LogP contribution < -0.4 is 21.3 Å². The molecule has 1 aliphatic rings. The number of likely N-dealkylation sites (N-methyl/N-ethyl adjacent to an activating group) is 7. The SMILES string of the molecule is C/C=C/C[C@@H](C)[C@@H](O)[C@H]1C(=O)N[C@@H](CC)C(=O)N(C)[C@H](CSCCCCCOC)C(=O)N(C)[C@@H](CC(C)(C)O)C(=O)N[C@@H](C(C)C)C(=O)N(C)[C@@H](CC(C)C)C(=O)N[C@@H](C)C(=O)N[C@H](C)C(=O)N(C)[C@@H](CC(C)C)C(=O)N(C)[C@@H](CC(C)C)C(=O)N(C)[C@@H](C(C)C)C(=O)N1C. The Morgan fingerprint density at radius 1 is 0.516 bits per heavy atom. The van der Waals surface area contributed by atoms with E-state index in [1.165, 1.54) is 113 Å². The first-order chi connectivity index (χ1) is 44.0. The molecule has 1 fully saturated rings. The summed E-state index contributed by atoms with van der Waals surface area (Å²) in [5.74, 6) is -9.70. The van der Waals surface area contributed by atoms with E-state index in [1.54, 1.807) is 67.7 Å². The van der Waals surface area contributed by atoms with E-state index in [0.717, 1.165) is 29.1 Å². The summed E-state index contributed by atoms with van der Waals surface area (Å²) in [6, 6.07) is -14.4. The van der Waals surface area contributed by atoms with Gasteiger partial charge in [-0.25, -0.2) is 0 Å². The van der Waals surface area contributed by atoms with Crippen LogP contribution in [0.1, 0.15) is 175 Å². The van der Waals surface area contributed by atoms with Gasteiger partial charge in [0, 0.05) is 75.2 Å². The quantitative estimate of drug-likeness (QED) is 0.0614. The topological polar surface area (TPSA) is 308 Å². The summed E-state index contributed by atoms with van der Waals surface area (Å²) in [5, 5.41) is 34.8. The van der Waals surface area contributed by atoms with Crippen molar-refractivity contribution in [3.63, 3.8) is 0 Å². The Labute approximate surface area is 573 Å². The van der Waals surface area contributed by atoms with Gasteiger partial charge in [0.05, 0.1) is 11.7 Å². The van der Waals surface area contributed by atoms with Gasteiger partial charge in [0.25, 0.3) is 0 Å². The number of carbonyl (C=O) groups is 11. The fraction of sp³-hybridized carbons (Fsp3) is 0.812. The average Bonchev–Trinajstić information content (AvgIpc) is 0.814. The van der Waals surface area contributed by atoms with Crippen LogP contribution in [0.15, 0.2) is 12.2 Å². The minimum absolute atomic E-state index is 0.0208. The molecule has 95 heavy (non-hydrogen) atoms. The molecular weight excluding hydrogens is 1240 g/mol. The number of carbonyl (C=O) groups excluding carboxylic acids is 11. The molecule has 1 aliphatic heterocycles. The zero-order valence-corrected chi connectivity index (χ0v) is 63.2. The van der Waals surface area contributed by atoms with Gasteiger partial charge in [-0.2, -0.15) is 11.8 Å². The maximum absolute atomic E-state index is 15.4. The zero-order valence-electron chi connectivity index (χ0n) is 62.4. The molecular formula is C69H125N11O14S. The third kappa shape index (κ3) is 26.2. The van der Waals surface area contributed by atoms with Crippen molar-refractivity contribution in [2.24, 2.45) is 35.5 Å². The van der Waals surface area contributed by atoms with E-state index in [4.69, 9.17) is 4.74 Å². The van der Waals surface area contributed by atoms with Gasteiger partial charge < -0.3 is 70.5 Å². The highest BCUT2D eigenvalue weighted by Gasteiger charge is 2.47. The van der Waals surface area contributed by atoms with Crippen LogP contribution in [-0.4, -0.2) is 262 Å². The number of allylic oxidation sites excluding steroid dienone is 2. The Bertz CT molecular complexity index is 2560. The lowest BCUT2D eigenvalue weighted by Gasteiger charge is -2.41. The van der Waals surface area contributed by atoms with Gasteiger partial charge in [-0.15, -0.1) is 0 Å². The molecule has 0 radical (unpaired) electrons. The Balaban J connectivity index is 4.56. The Kier molecular flexibility index (Phi) is 37.4. The fourth-order valence-corrected chi connectivity index (χ4v) is 13.0. The van der Waals surface area contributed by atoms with Gasteiger partial charge in [0.1, 0.15) is 66.5 Å². The van der Waals surface area contributed by atoms with Gasteiger partial charge in [-0.05, 0) is 121 Å². The second kappa shape index (κ2) is 40.8. The first-order valence-electron chi connectivity index (χ1n) is 34.1. The van der Waals surface area contributed by atoms with Crippen molar-refractivity contribution in [1.29, 1.82) is 0 Å². The van der Waals surface area contributed by atoms with Crippen LogP contribution in [0.5, 0.6) is 0 Å². The maximum Gasteiger partial charge on any atom is 0.246 e. The van der Waals surface area contributed by atoms with E-state index >= 15 is 28.8 Å². The molecule has 546 valence electrons. The van der Waals surface area contributed by atoms with Crippen LogP contribution in [-0.2, 0) is 57.5 Å². The summed E-state index contributed by atoms with van der Waals surface area (Å²) in [7, 11) is 11.5. The molecule has 0 spiro atoms. The lowest BCUT2D eigenvalue weighted by molar-refractivity contribution is -0.157. The predicted molar refractivity (Wildman–Crippen MR) is 372 cm³/mol. The van der Waals surface area contributed by atoms with E-state index in [-0.39, 0.29) is 62.0 Å². The Morgan fingerprint density at radius 3 is 1.45 bits per heavy atom. The second-order valence-corrected chi connectivity index (χ2v) is 30.0. The number of thioether (sulfide) groups is 1. The van der Waals surface area contributed by atoms with E-state index < -0.39 is 161 Å². The molecule has 1 saturated heterocycles. The highest BCUT2D eigenvalue weighted by Crippen LogP contribution is 2.27. The molecule has 0 saturated carbocycles. The molecule has 0 unspecified atom stereocenters. The molecule has 0 aromatic heterocycles. The van der Waals surface area contributed by atoms with Crippen LogP contribution in [0.25, 0.3) is 0 Å². The second-order valence-electron chi connectivity index (χ2n) is 28.8. The molecule has 1 rings (SSSR count). The van der Waals surface area contributed by atoms with Crippen LogP contribution in [0.4, 0.5) is 0 Å². The van der Waals surface area contributed by atoms with E-state index in [0.29, 0.717) is 12.4 Å². The third-order valence-corrected chi connectivity index (χ3v) is 18.9. The van der Waals surface area contributed by atoms with Crippen LogP contribution in [0.3, 0.4) is 0 Å². The number of aliphatic hydroxyl groups is 2. The predicted octanol–water partition coefficient (Wildman–Crippen LogP) is 4.30. The summed E-state index contributed by atoms with van der Waals surface area (Å²) in [5.41, 5.74) is -1.59. The lowest BCUT2D eigenvalue weighted by atomic mass is 9.91. The summed E-state index contributed by atoms with van der Waals surface area (Å²) in [4.78, 5) is 173. The molecule has 0 aliphatic carbocycles. The van der Waals surface area contributed by atoms with Gasteiger partial charge in [-0.1, -0.05) is 102 Å². The number of nitrogens with zero attached hydrogens (tertiary/aromatic N) is 7. The number of aliphatic hydroxyl groups excluding tert-OH is 1. The standard InChI is InChI=1S/C69H125N11O14S/c1-26-28-32-45(13)57(81)56-61(85)72-48(27-2)63(87)78(22)53(39-95-34-31-29-30-33-94-25)66(90)77(21)52(38-69(16,17)93)60(84)73-54(43(9)10)67(91)74(18)49(35-40(3)4)59(83)70-46(14)58(82)71-47(15)62(86)75(19)50(36-41(5)6)64(88)76(20)51(37-42(7)8)65(89)79(23)55(44(11)12)68(92)80(56)24/h26,28,40-57,81,93H,27,29-39H2,1-25H3,(H,70,83)(H,71,82)(H,72,85)(H,73,84)/b28-26+/t45-,46+,47-,48+,49+,50+,51+,52+,53-,54+,55+,56+,57-/m1/s1. The molecule has 25 nitrogen and oxygen atoms in total. The van der Waals surface area contributed by atoms with Crippen LogP contribution in [0, 0.1) is 35.5 Å². The number of amides is 11. The van der Waals surface area contributed by atoms with Crippen molar-refractivity contribution in [2.75, 3.05) is 74.6 Å². The maximum atomic E-state index is 15.4. The summed E-state index contributed by atoms with van der Waals surface area (Å²) in [6.45, 7) is 29.5. The van der Waals surface area contributed by atoms with Crippen molar-refractivity contribution in [3.05, 3.63) is 12.2 Å². The monoisotopic (exact) mass is 1360 g/mol.